The van der Waals surface area contributed by atoms with Crippen LogP contribution in [0.4, 0.5) is 5.13 Å². The van der Waals surface area contributed by atoms with Gasteiger partial charge >= 0.3 is 0 Å². The highest BCUT2D eigenvalue weighted by Crippen LogP contribution is 2.45. The standard InChI is InChI=1S/C18H18N8O2S3/c19-8-6-9(7-8)29-13-5-4-10(11-2-1-3-12-15(11)22-18(20)30-12)14(16(13)31(21,27)28)17-23-25-26-24-17/h1-5,8-9H,6-7,19H2,(H2,20,22)(H2,21,27,28)(H,23,24,25,26). The number of fused-ring (bicyclic) bond motifs is 1. The van der Waals surface area contributed by atoms with Gasteiger partial charge in [-0.1, -0.05) is 29.5 Å². The van der Waals surface area contributed by atoms with Crippen LogP contribution >= 0.6 is 23.1 Å². The zero-order valence-corrected chi connectivity index (χ0v) is 18.5. The third kappa shape index (κ3) is 3.68. The fourth-order valence-corrected chi connectivity index (χ4v) is 7.21. The maximum atomic E-state index is 12.8. The number of hydrogen-bond donors (Lipinski definition) is 4. The van der Waals surface area contributed by atoms with Crippen molar-refractivity contribution in [3.05, 3.63) is 30.3 Å². The van der Waals surface area contributed by atoms with Gasteiger partial charge in [-0.3, -0.25) is 0 Å². The number of H-pyrrole nitrogens is 1. The number of thiazole rings is 1. The Labute approximate surface area is 185 Å². The quantitative estimate of drug-likeness (QED) is 0.336. The lowest BCUT2D eigenvalue weighted by Gasteiger charge is -2.32. The fraction of sp³-hybridized carbons (Fsp3) is 0.222. The Morgan fingerprint density at radius 1 is 1.16 bits per heavy atom. The first-order valence-electron chi connectivity index (χ1n) is 9.32. The van der Waals surface area contributed by atoms with Crippen LogP contribution in [0.1, 0.15) is 12.8 Å². The highest BCUT2D eigenvalue weighted by molar-refractivity contribution is 8.00. The maximum absolute atomic E-state index is 12.8. The molecule has 4 aromatic rings. The minimum atomic E-state index is -4.13. The Kier molecular flexibility index (Phi) is 4.94. The van der Waals surface area contributed by atoms with Crippen LogP contribution in [0.2, 0.25) is 0 Å². The normalized spacial score (nSPS) is 18.9. The van der Waals surface area contributed by atoms with E-state index in [0.717, 1.165) is 17.5 Å². The van der Waals surface area contributed by atoms with Gasteiger partial charge in [0.1, 0.15) is 4.90 Å². The number of hydrogen-bond acceptors (Lipinski definition) is 10. The van der Waals surface area contributed by atoms with E-state index in [0.29, 0.717) is 26.7 Å². The number of nitrogens with one attached hydrogen (secondary N) is 1. The molecule has 0 aliphatic heterocycles. The molecule has 1 aliphatic carbocycles. The first-order chi connectivity index (χ1) is 14.8. The van der Waals surface area contributed by atoms with E-state index in [1.165, 1.54) is 23.1 Å². The number of thioether (sulfide) groups is 1. The minimum absolute atomic E-state index is 0.0305. The molecule has 0 atom stereocenters. The van der Waals surface area contributed by atoms with Gasteiger partial charge < -0.3 is 11.5 Å². The summed E-state index contributed by atoms with van der Waals surface area (Å²) >= 11 is 2.81. The lowest BCUT2D eigenvalue weighted by atomic mass is 9.93. The van der Waals surface area contributed by atoms with Crippen LogP contribution in [0.3, 0.4) is 0 Å². The van der Waals surface area contributed by atoms with Crippen molar-refractivity contribution in [2.45, 2.75) is 33.9 Å². The summed E-state index contributed by atoms with van der Waals surface area (Å²) in [5.74, 6) is 0.131. The molecule has 5 rings (SSSR count). The van der Waals surface area contributed by atoms with E-state index in [9.17, 15) is 8.42 Å². The fourth-order valence-electron chi connectivity index (χ4n) is 3.72. The molecule has 2 aromatic heterocycles. The molecule has 2 heterocycles. The third-order valence-corrected chi connectivity index (χ3v) is 8.41. The van der Waals surface area contributed by atoms with Gasteiger partial charge in [0.25, 0.3) is 0 Å². The summed E-state index contributed by atoms with van der Waals surface area (Å²) < 4.78 is 26.5. The molecule has 0 unspecified atom stereocenters. The van der Waals surface area contributed by atoms with Crippen LogP contribution in [0, 0.1) is 0 Å². The van der Waals surface area contributed by atoms with E-state index in [4.69, 9.17) is 16.6 Å². The Morgan fingerprint density at radius 3 is 2.65 bits per heavy atom. The van der Waals surface area contributed by atoms with Gasteiger partial charge in [-0.2, -0.15) is 5.21 Å². The van der Waals surface area contributed by atoms with E-state index < -0.39 is 10.0 Å². The predicted octanol–water partition coefficient (Wildman–Crippen LogP) is 1.95. The number of primary sulfonamides is 1. The van der Waals surface area contributed by atoms with E-state index >= 15 is 0 Å². The zero-order chi connectivity index (χ0) is 21.8. The van der Waals surface area contributed by atoms with Crippen molar-refractivity contribution >= 4 is 48.5 Å². The van der Waals surface area contributed by atoms with Crippen molar-refractivity contribution in [3.8, 4) is 22.5 Å². The third-order valence-electron chi connectivity index (χ3n) is 5.13. The van der Waals surface area contributed by atoms with Gasteiger partial charge in [-0.25, -0.2) is 18.5 Å². The number of tetrazole rings is 1. The number of rotatable bonds is 5. The van der Waals surface area contributed by atoms with Crippen molar-refractivity contribution in [2.24, 2.45) is 10.9 Å². The van der Waals surface area contributed by atoms with Crippen molar-refractivity contribution in [3.63, 3.8) is 0 Å². The molecule has 160 valence electrons. The van der Waals surface area contributed by atoms with Crippen LogP contribution in [0.5, 0.6) is 0 Å². The first-order valence-corrected chi connectivity index (χ1v) is 12.6. The summed E-state index contributed by atoms with van der Waals surface area (Å²) in [6.07, 6.45) is 1.62. The van der Waals surface area contributed by atoms with Crippen LogP contribution in [0.15, 0.2) is 40.1 Å². The van der Waals surface area contributed by atoms with Gasteiger partial charge in [0.05, 0.1) is 15.8 Å². The van der Waals surface area contributed by atoms with Gasteiger partial charge in [-0.05, 0) is 35.8 Å². The second-order valence-electron chi connectivity index (χ2n) is 7.27. The van der Waals surface area contributed by atoms with E-state index in [1.54, 1.807) is 6.07 Å². The molecular formula is C18H18N8O2S3. The molecule has 10 nitrogen and oxygen atoms in total. The number of anilines is 1. The number of nitrogens with two attached hydrogens (primary N) is 3. The van der Waals surface area contributed by atoms with E-state index in [1.807, 2.05) is 24.3 Å². The molecule has 0 spiro atoms. The van der Waals surface area contributed by atoms with Crippen LogP contribution in [-0.2, 0) is 10.0 Å². The van der Waals surface area contributed by atoms with Gasteiger partial charge in [0, 0.05) is 21.8 Å². The van der Waals surface area contributed by atoms with Crippen LogP contribution < -0.4 is 16.6 Å². The van der Waals surface area contributed by atoms with Gasteiger partial charge in [0.2, 0.25) is 15.8 Å². The molecule has 13 heteroatoms. The topological polar surface area (TPSA) is 180 Å². The van der Waals surface area contributed by atoms with Crippen molar-refractivity contribution < 1.29 is 8.42 Å². The van der Waals surface area contributed by atoms with Gasteiger partial charge in [-0.15, -0.1) is 22.0 Å². The molecule has 31 heavy (non-hydrogen) atoms. The lowest BCUT2D eigenvalue weighted by molar-refractivity contribution is 0.432. The summed E-state index contributed by atoms with van der Waals surface area (Å²) in [6.45, 7) is 0. The first kappa shape index (κ1) is 20.3. The molecular weight excluding hydrogens is 456 g/mol. The predicted molar refractivity (Wildman–Crippen MR) is 121 cm³/mol. The smallest absolute Gasteiger partial charge is 0.239 e. The number of aromatic amines is 1. The number of nitrogen functional groups attached to an aromatic ring is 1. The molecule has 0 radical (unpaired) electrons. The lowest BCUT2D eigenvalue weighted by Crippen LogP contribution is -2.38. The number of benzene rings is 2. The molecule has 7 N–H and O–H groups in total. The SMILES string of the molecule is Nc1nc2c(-c3ccc(SC4CC(N)C4)c(S(N)(=O)=O)c3-c3nn[nH]n3)cccc2s1. The highest BCUT2D eigenvalue weighted by atomic mass is 32.2. The Morgan fingerprint density at radius 2 is 1.97 bits per heavy atom. The molecule has 1 saturated carbocycles. The minimum Gasteiger partial charge on any atom is -0.375 e. The maximum Gasteiger partial charge on any atom is 0.239 e. The van der Waals surface area contributed by atoms with E-state index in [-0.39, 0.29) is 27.6 Å². The molecule has 0 saturated heterocycles. The largest absolute Gasteiger partial charge is 0.375 e. The number of sulfonamides is 1. The Balaban J connectivity index is 1.79. The van der Waals surface area contributed by atoms with Crippen molar-refractivity contribution in [1.82, 2.24) is 25.6 Å². The number of nitrogens with zero attached hydrogens (tertiary/aromatic N) is 4. The second-order valence-corrected chi connectivity index (χ2v) is 11.2. The zero-order valence-electron chi connectivity index (χ0n) is 16.0. The van der Waals surface area contributed by atoms with Gasteiger partial charge in [0.15, 0.2) is 5.13 Å². The molecule has 0 amide bonds. The summed E-state index contributed by atoms with van der Waals surface area (Å²) in [7, 11) is -4.13. The van der Waals surface area contributed by atoms with Crippen LogP contribution in [0.25, 0.3) is 32.7 Å². The summed E-state index contributed by atoms with van der Waals surface area (Å²) in [6, 6.07) is 9.37. The Hall–Kier alpha value is -2.58. The Bertz CT molecular complexity index is 1380. The summed E-state index contributed by atoms with van der Waals surface area (Å²) in [4.78, 5) is 4.94. The second kappa shape index (κ2) is 7.53. The summed E-state index contributed by atoms with van der Waals surface area (Å²) in [5, 5.41) is 20.5. The number of para-hydroxylation sites is 1. The molecule has 1 aliphatic rings. The highest BCUT2D eigenvalue weighted by Gasteiger charge is 2.32. The average Bonchev–Trinajstić information content (AvgIpc) is 3.34. The molecule has 1 fully saturated rings. The van der Waals surface area contributed by atoms with E-state index in [2.05, 4.69) is 25.6 Å². The number of aromatic nitrogens is 5. The van der Waals surface area contributed by atoms with Crippen molar-refractivity contribution in [1.29, 1.82) is 0 Å². The van der Waals surface area contributed by atoms with Crippen LogP contribution in [-0.4, -0.2) is 45.3 Å². The summed E-state index contributed by atoms with van der Waals surface area (Å²) in [5.41, 5.74) is 14.1. The van der Waals surface area contributed by atoms with Crippen molar-refractivity contribution in [2.75, 3.05) is 5.73 Å². The molecule has 2 aromatic carbocycles. The monoisotopic (exact) mass is 474 g/mol. The molecule has 0 bridgehead atoms. The average molecular weight is 475 g/mol.